The summed E-state index contributed by atoms with van der Waals surface area (Å²) in [7, 11) is 0. The molecule has 2 atom stereocenters. The summed E-state index contributed by atoms with van der Waals surface area (Å²) >= 11 is 0. The van der Waals surface area contributed by atoms with Crippen LogP contribution in [0, 0.1) is 5.92 Å². The molecule has 1 saturated heterocycles. The zero-order valence-electron chi connectivity index (χ0n) is 24.4. The van der Waals surface area contributed by atoms with Crippen LogP contribution >= 0.6 is 0 Å². The number of ether oxygens (including phenoxy) is 2. The lowest BCUT2D eigenvalue weighted by atomic mass is 9.89. The minimum atomic E-state index is -1.28. The van der Waals surface area contributed by atoms with Crippen LogP contribution in [0.2, 0.25) is 0 Å². The first-order chi connectivity index (χ1) is 20.0. The van der Waals surface area contributed by atoms with Gasteiger partial charge in [-0.05, 0) is 44.7 Å². The Morgan fingerprint density at radius 1 is 0.905 bits per heavy atom. The number of carbonyl (C=O) groups is 5. The molecular weight excluding hydrogens is 540 g/mol. The highest BCUT2D eigenvalue weighted by molar-refractivity contribution is 6.03. The van der Waals surface area contributed by atoms with E-state index in [1.165, 1.54) is 0 Å². The molecule has 11 heteroatoms. The van der Waals surface area contributed by atoms with Crippen molar-refractivity contribution in [3.8, 4) is 0 Å². The van der Waals surface area contributed by atoms with Crippen molar-refractivity contribution in [1.29, 1.82) is 0 Å². The van der Waals surface area contributed by atoms with E-state index in [-0.39, 0.29) is 32.0 Å². The summed E-state index contributed by atoms with van der Waals surface area (Å²) in [5.41, 5.74) is 1.04. The molecule has 0 aromatic heterocycles. The van der Waals surface area contributed by atoms with Crippen LogP contribution < -0.4 is 16.0 Å². The molecule has 1 aliphatic rings. The molecule has 1 fully saturated rings. The third-order valence-electron chi connectivity index (χ3n) is 6.45. The van der Waals surface area contributed by atoms with E-state index >= 15 is 0 Å². The summed E-state index contributed by atoms with van der Waals surface area (Å²) < 4.78 is 10.4. The van der Waals surface area contributed by atoms with Gasteiger partial charge in [-0.1, -0.05) is 60.7 Å². The second kappa shape index (κ2) is 15.6. The van der Waals surface area contributed by atoms with Gasteiger partial charge >= 0.3 is 12.2 Å². The number of alkyl carbamates (subject to hydrolysis) is 2. The van der Waals surface area contributed by atoms with Crippen molar-refractivity contribution in [1.82, 2.24) is 20.9 Å². The molecule has 226 valence electrons. The van der Waals surface area contributed by atoms with Crippen LogP contribution in [0.5, 0.6) is 0 Å². The van der Waals surface area contributed by atoms with E-state index in [1.54, 1.807) is 49.9 Å². The van der Waals surface area contributed by atoms with E-state index in [9.17, 15) is 24.0 Å². The Bertz CT molecular complexity index is 1210. The van der Waals surface area contributed by atoms with Crippen LogP contribution in [0.15, 0.2) is 60.7 Å². The number of carbonyl (C=O) groups excluding carboxylic acids is 5. The second-order valence-corrected chi connectivity index (χ2v) is 11.1. The third-order valence-corrected chi connectivity index (χ3v) is 6.45. The molecule has 1 heterocycles. The monoisotopic (exact) mass is 580 g/mol. The first-order valence-corrected chi connectivity index (χ1v) is 14.1. The zero-order valence-corrected chi connectivity index (χ0v) is 24.4. The van der Waals surface area contributed by atoms with Crippen LogP contribution in [0.4, 0.5) is 9.59 Å². The normalized spacial score (nSPS) is 15.7. The minimum Gasteiger partial charge on any atom is -0.445 e. The molecule has 0 saturated carbocycles. The summed E-state index contributed by atoms with van der Waals surface area (Å²) in [6, 6.07) is 17.2. The highest BCUT2D eigenvalue weighted by atomic mass is 16.6. The highest BCUT2D eigenvalue weighted by Crippen LogP contribution is 2.23. The van der Waals surface area contributed by atoms with E-state index in [0.29, 0.717) is 25.9 Å². The van der Waals surface area contributed by atoms with Gasteiger partial charge in [0, 0.05) is 32.6 Å². The van der Waals surface area contributed by atoms with Gasteiger partial charge in [0.25, 0.3) is 0 Å². The SMILES string of the molecule is CC(C)(C)OC(=O)NCCNC(=O)[C@H](CC(=O)C1CCCN(Cc2ccccc2)C1=O)NC(=O)OCc1ccccc1. The van der Waals surface area contributed by atoms with Crippen LogP contribution in [0.3, 0.4) is 0 Å². The quantitative estimate of drug-likeness (QED) is 0.258. The van der Waals surface area contributed by atoms with Crippen molar-refractivity contribution in [2.75, 3.05) is 19.6 Å². The lowest BCUT2D eigenvalue weighted by molar-refractivity contribution is -0.145. The summed E-state index contributed by atoms with van der Waals surface area (Å²) in [6.45, 7) is 6.19. The molecule has 0 spiro atoms. The molecule has 2 aromatic rings. The maximum absolute atomic E-state index is 13.3. The van der Waals surface area contributed by atoms with Gasteiger partial charge in [0.2, 0.25) is 11.8 Å². The largest absolute Gasteiger partial charge is 0.445 e. The van der Waals surface area contributed by atoms with E-state index in [0.717, 1.165) is 11.1 Å². The van der Waals surface area contributed by atoms with Gasteiger partial charge in [-0.2, -0.15) is 0 Å². The Balaban J connectivity index is 1.60. The Labute approximate surface area is 246 Å². The van der Waals surface area contributed by atoms with Gasteiger partial charge in [0.15, 0.2) is 0 Å². The van der Waals surface area contributed by atoms with Gasteiger partial charge in [-0.15, -0.1) is 0 Å². The maximum atomic E-state index is 13.3. The summed E-state index contributed by atoms with van der Waals surface area (Å²) in [5, 5.41) is 7.62. The number of ketones is 1. The molecule has 0 radical (unpaired) electrons. The summed E-state index contributed by atoms with van der Waals surface area (Å²) in [5.74, 6) is -2.28. The number of benzene rings is 2. The smallest absolute Gasteiger partial charge is 0.408 e. The first kappa shape index (κ1) is 32.1. The average molecular weight is 581 g/mol. The predicted octanol–water partition coefficient (Wildman–Crippen LogP) is 3.32. The lowest BCUT2D eigenvalue weighted by Gasteiger charge is -2.32. The van der Waals surface area contributed by atoms with Crippen molar-refractivity contribution in [3.05, 3.63) is 71.8 Å². The molecule has 2 aromatic carbocycles. The number of piperidine rings is 1. The molecule has 0 bridgehead atoms. The van der Waals surface area contributed by atoms with Crippen LogP contribution in [-0.4, -0.2) is 66.0 Å². The van der Waals surface area contributed by atoms with Gasteiger partial charge in [0.1, 0.15) is 24.0 Å². The van der Waals surface area contributed by atoms with Crippen molar-refractivity contribution >= 4 is 29.8 Å². The lowest BCUT2D eigenvalue weighted by Crippen LogP contribution is -2.51. The molecule has 1 aliphatic heterocycles. The number of rotatable bonds is 12. The number of nitrogens with zero attached hydrogens (tertiary/aromatic N) is 1. The zero-order chi connectivity index (χ0) is 30.5. The topological polar surface area (TPSA) is 143 Å². The van der Waals surface area contributed by atoms with Gasteiger partial charge in [-0.3, -0.25) is 14.4 Å². The fourth-order valence-electron chi connectivity index (χ4n) is 4.45. The van der Waals surface area contributed by atoms with E-state index in [2.05, 4.69) is 16.0 Å². The van der Waals surface area contributed by atoms with Crippen molar-refractivity contribution in [3.63, 3.8) is 0 Å². The number of Topliss-reactive ketones (excluding diaryl/α,β-unsaturated/α-hetero) is 1. The fourth-order valence-corrected chi connectivity index (χ4v) is 4.45. The van der Waals surface area contributed by atoms with Gasteiger partial charge in [0.05, 0.1) is 5.92 Å². The van der Waals surface area contributed by atoms with Gasteiger partial charge in [-0.25, -0.2) is 9.59 Å². The predicted molar refractivity (Wildman–Crippen MR) is 155 cm³/mol. The summed E-state index contributed by atoms with van der Waals surface area (Å²) in [6.07, 6.45) is -0.882. The molecule has 42 heavy (non-hydrogen) atoms. The second-order valence-electron chi connectivity index (χ2n) is 11.1. The highest BCUT2D eigenvalue weighted by Gasteiger charge is 2.36. The molecule has 1 unspecified atom stereocenters. The van der Waals surface area contributed by atoms with E-state index in [4.69, 9.17) is 9.47 Å². The van der Waals surface area contributed by atoms with Crippen LogP contribution in [0.1, 0.15) is 51.2 Å². The number of amides is 4. The van der Waals surface area contributed by atoms with Gasteiger partial charge < -0.3 is 30.3 Å². The number of hydrogen-bond acceptors (Lipinski definition) is 7. The molecule has 3 rings (SSSR count). The average Bonchev–Trinajstić information content (AvgIpc) is 2.95. The molecule has 4 amide bonds. The van der Waals surface area contributed by atoms with Crippen LogP contribution in [-0.2, 0) is 37.0 Å². The van der Waals surface area contributed by atoms with E-state index in [1.807, 2.05) is 36.4 Å². The molecule has 3 N–H and O–H groups in total. The first-order valence-electron chi connectivity index (χ1n) is 14.1. The maximum Gasteiger partial charge on any atom is 0.408 e. The number of hydrogen-bond donors (Lipinski definition) is 3. The Morgan fingerprint density at radius 2 is 1.52 bits per heavy atom. The van der Waals surface area contributed by atoms with Crippen molar-refractivity contribution < 1.29 is 33.4 Å². The number of nitrogens with one attached hydrogen (secondary N) is 3. The number of likely N-dealkylation sites (tertiary alicyclic amines) is 1. The minimum absolute atomic E-state index is 0.0235. The van der Waals surface area contributed by atoms with Crippen molar-refractivity contribution in [2.24, 2.45) is 5.92 Å². The molecule has 11 nitrogen and oxygen atoms in total. The van der Waals surface area contributed by atoms with Crippen molar-refractivity contribution in [2.45, 2.75) is 64.8 Å². The fraction of sp³-hybridized carbons (Fsp3) is 0.452. The molecule has 0 aliphatic carbocycles. The van der Waals surface area contributed by atoms with Crippen LogP contribution in [0.25, 0.3) is 0 Å². The summed E-state index contributed by atoms with van der Waals surface area (Å²) in [4.78, 5) is 65.7. The Kier molecular flexibility index (Phi) is 11.9. The standard InChI is InChI=1S/C31H40N4O7/c1-31(2,3)42-29(39)33-17-16-32-27(37)25(34-30(40)41-21-23-13-8-5-9-14-23)19-26(36)24-15-10-18-35(28(24)38)20-22-11-6-4-7-12-22/h4-9,11-14,24-25H,10,15-21H2,1-3H3,(H,32,37)(H,33,39)(H,34,40)/t24?,25-/m0/s1. The Hall–Kier alpha value is -4.41. The Morgan fingerprint density at radius 3 is 2.17 bits per heavy atom. The molecular formula is C31H40N4O7. The third kappa shape index (κ3) is 10.9. The van der Waals surface area contributed by atoms with E-state index < -0.39 is 41.4 Å².